The van der Waals surface area contributed by atoms with Crippen LogP contribution in [0.1, 0.15) is 40.0 Å². The molecular weight excluding hydrogens is 266 g/mol. The molecule has 0 saturated carbocycles. The highest BCUT2D eigenvalue weighted by molar-refractivity contribution is 5.77. The molecule has 0 bridgehead atoms. The van der Waals surface area contributed by atoms with Gasteiger partial charge < -0.3 is 15.3 Å². The minimum Gasteiger partial charge on any atom is -0.389 e. The van der Waals surface area contributed by atoms with E-state index in [9.17, 15) is 9.90 Å². The normalized spacial score (nSPS) is 20.5. The van der Waals surface area contributed by atoms with Crippen LogP contribution in [0.4, 0.5) is 0 Å². The SMILES string of the molecule is CC(C)CC(C)(O)CNC1CCN(CC(=O)N(C)C)CC1. The van der Waals surface area contributed by atoms with Gasteiger partial charge >= 0.3 is 0 Å². The second-order valence-electron chi connectivity index (χ2n) is 7.31. The summed E-state index contributed by atoms with van der Waals surface area (Å²) in [4.78, 5) is 15.5. The molecule has 0 aromatic carbocycles. The van der Waals surface area contributed by atoms with E-state index in [2.05, 4.69) is 24.1 Å². The van der Waals surface area contributed by atoms with Crippen LogP contribution < -0.4 is 5.32 Å². The second kappa shape index (κ2) is 8.11. The Morgan fingerprint density at radius 1 is 1.38 bits per heavy atom. The zero-order valence-electron chi connectivity index (χ0n) is 14.4. The van der Waals surface area contributed by atoms with Gasteiger partial charge in [-0.3, -0.25) is 9.69 Å². The first-order valence-corrected chi connectivity index (χ1v) is 8.08. The number of rotatable bonds is 7. The van der Waals surface area contributed by atoms with Crippen molar-refractivity contribution in [2.24, 2.45) is 5.92 Å². The summed E-state index contributed by atoms with van der Waals surface area (Å²) in [5.41, 5.74) is -0.633. The molecule has 1 saturated heterocycles. The molecule has 0 aliphatic carbocycles. The number of aliphatic hydroxyl groups is 1. The third-order valence-electron chi connectivity index (χ3n) is 4.06. The number of hydrogen-bond donors (Lipinski definition) is 2. The fraction of sp³-hybridized carbons (Fsp3) is 0.938. The third-order valence-corrected chi connectivity index (χ3v) is 4.06. The summed E-state index contributed by atoms with van der Waals surface area (Å²) in [5, 5.41) is 13.8. The number of carbonyl (C=O) groups excluding carboxylic acids is 1. The Kier molecular flexibility index (Phi) is 7.10. The predicted molar refractivity (Wildman–Crippen MR) is 86.2 cm³/mol. The van der Waals surface area contributed by atoms with Crippen LogP contribution in [0.2, 0.25) is 0 Å². The highest BCUT2D eigenvalue weighted by Crippen LogP contribution is 2.17. The van der Waals surface area contributed by atoms with Gasteiger partial charge in [-0.25, -0.2) is 0 Å². The van der Waals surface area contributed by atoms with E-state index in [0.717, 1.165) is 32.4 Å². The van der Waals surface area contributed by atoms with Gasteiger partial charge in [0, 0.05) is 39.8 Å². The Hall–Kier alpha value is -0.650. The highest BCUT2D eigenvalue weighted by Gasteiger charge is 2.25. The molecule has 124 valence electrons. The van der Waals surface area contributed by atoms with Crippen molar-refractivity contribution in [3.05, 3.63) is 0 Å². The molecule has 1 heterocycles. The van der Waals surface area contributed by atoms with Crippen LogP contribution >= 0.6 is 0 Å². The van der Waals surface area contributed by atoms with Crippen LogP contribution in [-0.4, -0.2) is 72.7 Å². The van der Waals surface area contributed by atoms with Crippen LogP contribution in [0.15, 0.2) is 0 Å². The van der Waals surface area contributed by atoms with Crippen molar-refractivity contribution in [3.63, 3.8) is 0 Å². The van der Waals surface area contributed by atoms with Crippen molar-refractivity contribution in [1.29, 1.82) is 0 Å². The van der Waals surface area contributed by atoms with Crippen molar-refractivity contribution < 1.29 is 9.90 Å². The van der Waals surface area contributed by atoms with E-state index in [1.54, 1.807) is 19.0 Å². The first kappa shape index (κ1) is 18.4. The number of nitrogens with zero attached hydrogens (tertiary/aromatic N) is 2. The number of hydrogen-bond acceptors (Lipinski definition) is 4. The van der Waals surface area contributed by atoms with E-state index in [4.69, 9.17) is 0 Å². The quantitative estimate of drug-likeness (QED) is 0.734. The van der Waals surface area contributed by atoms with Gasteiger partial charge in [-0.1, -0.05) is 13.8 Å². The first-order valence-electron chi connectivity index (χ1n) is 8.08. The number of amides is 1. The molecule has 1 amide bonds. The van der Waals surface area contributed by atoms with Crippen LogP contribution in [0.25, 0.3) is 0 Å². The molecule has 0 aromatic heterocycles. The van der Waals surface area contributed by atoms with Crippen LogP contribution in [0.3, 0.4) is 0 Å². The highest BCUT2D eigenvalue weighted by atomic mass is 16.3. The zero-order valence-corrected chi connectivity index (χ0v) is 14.4. The van der Waals surface area contributed by atoms with Gasteiger partial charge in [0.1, 0.15) is 0 Å². The molecule has 2 N–H and O–H groups in total. The molecule has 5 nitrogen and oxygen atoms in total. The summed E-state index contributed by atoms with van der Waals surface area (Å²) in [7, 11) is 3.60. The number of likely N-dealkylation sites (tertiary alicyclic amines) is 1. The maximum atomic E-state index is 11.7. The van der Waals surface area contributed by atoms with Gasteiger partial charge in [0.15, 0.2) is 0 Å². The summed E-state index contributed by atoms with van der Waals surface area (Å²) in [6, 6.07) is 0.453. The first-order chi connectivity index (χ1) is 9.69. The average Bonchev–Trinajstić information content (AvgIpc) is 2.36. The molecule has 1 fully saturated rings. The Morgan fingerprint density at radius 3 is 2.43 bits per heavy atom. The van der Waals surface area contributed by atoms with Gasteiger partial charge in [0.2, 0.25) is 5.91 Å². The lowest BCUT2D eigenvalue weighted by Gasteiger charge is -2.34. The number of nitrogens with one attached hydrogen (secondary N) is 1. The van der Waals surface area contributed by atoms with E-state index in [0.29, 0.717) is 25.0 Å². The van der Waals surface area contributed by atoms with Gasteiger partial charge in [0.05, 0.1) is 12.1 Å². The van der Waals surface area contributed by atoms with E-state index in [1.807, 2.05) is 6.92 Å². The molecule has 1 aliphatic heterocycles. The minimum absolute atomic E-state index is 0.168. The Balaban J connectivity index is 2.26. The van der Waals surface area contributed by atoms with Gasteiger partial charge in [-0.05, 0) is 32.1 Å². The summed E-state index contributed by atoms with van der Waals surface area (Å²) in [5.74, 6) is 0.668. The molecule has 1 aliphatic rings. The van der Waals surface area contributed by atoms with Crippen LogP contribution in [-0.2, 0) is 4.79 Å². The third kappa shape index (κ3) is 7.25. The summed E-state index contributed by atoms with van der Waals surface area (Å²) in [6.45, 7) is 9.23. The lowest BCUT2D eigenvalue weighted by molar-refractivity contribution is -0.130. The van der Waals surface area contributed by atoms with Gasteiger partial charge in [-0.15, -0.1) is 0 Å². The van der Waals surface area contributed by atoms with Crippen molar-refractivity contribution in [2.45, 2.75) is 51.7 Å². The molecule has 1 unspecified atom stereocenters. The lowest BCUT2D eigenvalue weighted by Crippen LogP contribution is -2.49. The van der Waals surface area contributed by atoms with Crippen molar-refractivity contribution in [2.75, 3.05) is 40.3 Å². The number of carbonyl (C=O) groups is 1. The number of piperidine rings is 1. The lowest BCUT2D eigenvalue weighted by atomic mass is 9.93. The van der Waals surface area contributed by atoms with Crippen molar-refractivity contribution in [1.82, 2.24) is 15.1 Å². The fourth-order valence-electron chi connectivity index (χ4n) is 2.94. The molecule has 0 radical (unpaired) electrons. The standard InChI is InChI=1S/C16H33N3O2/c1-13(2)10-16(3,21)12-17-14-6-8-19(9-7-14)11-15(20)18(4)5/h13-14,17,21H,6-12H2,1-5H3. The molecule has 21 heavy (non-hydrogen) atoms. The number of likely N-dealkylation sites (N-methyl/N-ethyl adjacent to an activating group) is 1. The summed E-state index contributed by atoms with van der Waals surface area (Å²) in [6.07, 6.45) is 2.90. The second-order valence-corrected chi connectivity index (χ2v) is 7.31. The minimum atomic E-state index is -0.633. The zero-order chi connectivity index (χ0) is 16.0. The van der Waals surface area contributed by atoms with Crippen LogP contribution in [0, 0.1) is 5.92 Å². The van der Waals surface area contributed by atoms with E-state index in [1.165, 1.54) is 0 Å². The van der Waals surface area contributed by atoms with Crippen LogP contribution in [0.5, 0.6) is 0 Å². The molecule has 0 spiro atoms. The van der Waals surface area contributed by atoms with Crippen molar-refractivity contribution >= 4 is 5.91 Å². The predicted octanol–water partition coefficient (Wildman–Crippen LogP) is 0.926. The summed E-state index contributed by atoms with van der Waals surface area (Å²) >= 11 is 0. The topological polar surface area (TPSA) is 55.8 Å². The fourth-order valence-corrected chi connectivity index (χ4v) is 2.94. The summed E-state index contributed by atoms with van der Waals surface area (Å²) < 4.78 is 0. The van der Waals surface area contributed by atoms with Crippen molar-refractivity contribution in [3.8, 4) is 0 Å². The maximum Gasteiger partial charge on any atom is 0.236 e. The smallest absolute Gasteiger partial charge is 0.236 e. The van der Waals surface area contributed by atoms with Gasteiger partial charge in [-0.2, -0.15) is 0 Å². The Bertz CT molecular complexity index is 321. The monoisotopic (exact) mass is 299 g/mol. The Morgan fingerprint density at radius 2 is 1.95 bits per heavy atom. The maximum absolute atomic E-state index is 11.7. The molecular formula is C16H33N3O2. The largest absolute Gasteiger partial charge is 0.389 e. The van der Waals surface area contributed by atoms with E-state index < -0.39 is 5.60 Å². The average molecular weight is 299 g/mol. The Labute approximate surface area is 129 Å². The van der Waals surface area contributed by atoms with Gasteiger partial charge in [0.25, 0.3) is 0 Å². The molecule has 1 rings (SSSR count). The molecule has 0 aromatic rings. The van der Waals surface area contributed by atoms with E-state index >= 15 is 0 Å². The molecule has 1 atom stereocenters. The van der Waals surface area contributed by atoms with E-state index in [-0.39, 0.29) is 5.91 Å². The molecule has 5 heteroatoms.